The fourth-order valence-corrected chi connectivity index (χ4v) is 9.41. The molecule has 0 N–H and O–H groups in total. The van der Waals surface area contributed by atoms with Gasteiger partial charge in [0.1, 0.15) is 11.9 Å². The molecule has 4 fully saturated rings. The van der Waals surface area contributed by atoms with E-state index in [-0.39, 0.29) is 28.8 Å². The lowest BCUT2D eigenvalue weighted by atomic mass is 9.44. The lowest BCUT2D eigenvalue weighted by Crippen LogP contribution is -2.58. The number of carbonyl (C=O) groups excluding carboxylic acids is 2. The van der Waals surface area contributed by atoms with Crippen LogP contribution in [0.5, 0.6) is 0 Å². The van der Waals surface area contributed by atoms with Gasteiger partial charge in [0.15, 0.2) is 0 Å². The van der Waals surface area contributed by atoms with Crippen LogP contribution in [0.2, 0.25) is 0 Å². The Labute approximate surface area is 203 Å². The van der Waals surface area contributed by atoms with Crippen molar-refractivity contribution in [3.8, 4) is 0 Å². The lowest BCUT2D eigenvalue weighted by Gasteiger charge is -2.60. The van der Waals surface area contributed by atoms with E-state index in [1.807, 2.05) is 0 Å². The third kappa shape index (κ3) is 4.44. The Morgan fingerprint density at radius 1 is 1.00 bits per heavy atom. The van der Waals surface area contributed by atoms with Gasteiger partial charge in [0.25, 0.3) is 0 Å². The van der Waals surface area contributed by atoms with Crippen LogP contribution in [-0.4, -0.2) is 17.9 Å². The average Bonchev–Trinajstić information content (AvgIpc) is 3.07. The van der Waals surface area contributed by atoms with Gasteiger partial charge >= 0.3 is 5.97 Å². The largest absolute Gasteiger partial charge is 0.463 e. The molecule has 3 heteroatoms. The Hall–Kier alpha value is -0.860. The third-order valence-electron chi connectivity index (χ3n) is 11.6. The predicted molar refractivity (Wildman–Crippen MR) is 134 cm³/mol. The Morgan fingerprint density at radius 3 is 2.39 bits per heavy atom. The van der Waals surface area contributed by atoms with Crippen LogP contribution in [-0.2, 0) is 14.3 Å². The average molecular weight is 459 g/mol. The number of esters is 1. The van der Waals surface area contributed by atoms with Crippen LogP contribution in [0.4, 0.5) is 0 Å². The van der Waals surface area contributed by atoms with Gasteiger partial charge in [-0.25, -0.2) is 0 Å². The second kappa shape index (κ2) is 9.30. The molecule has 10 atom stereocenters. The normalized spacial score (nSPS) is 44.5. The molecule has 0 heterocycles. The fraction of sp³-hybridized carbons (Fsp3) is 0.933. The Kier molecular flexibility index (Phi) is 7.12. The maximum atomic E-state index is 13.9. The molecule has 0 aromatic heterocycles. The minimum Gasteiger partial charge on any atom is -0.463 e. The van der Waals surface area contributed by atoms with Crippen LogP contribution in [0.15, 0.2) is 0 Å². The van der Waals surface area contributed by atoms with Crippen molar-refractivity contribution >= 4 is 11.8 Å². The zero-order valence-corrected chi connectivity index (χ0v) is 22.5. The van der Waals surface area contributed by atoms with E-state index < -0.39 is 0 Å². The van der Waals surface area contributed by atoms with E-state index in [0.717, 1.165) is 49.4 Å². The highest BCUT2D eigenvalue weighted by molar-refractivity contribution is 5.84. The number of hydrogen-bond donors (Lipinski definition) is 0. The molecule has 0 amide bonds. The minimum atomic E-state index is -0.157. The maximum Gasteiger partial charge on any atom is 0.302 e. The molecule has 188 valence electrons. The van der Waals surface area contributed by atoms with Gasteiger partial charge in [0, 0.05) is 19.3 Å². The molecular weight excluding hydrogens is 408 g/mol. The highest BCUT2D eigenvalue weighted by atomic mass is 16.5. The van der Waals surface area contributed by atoms with Crippen LogP contribution < -0.4 is 0 Å². The number of ether oxygens (including phenoxy) is 1. The van der Waals surface area contributed by atoms with E-state index >= 15 is 0 Å². The standard InChI is InChI=1S/C30H50O3/c1-18(2)19(3)8-9-20(4)25-12-13-26-24-11-10-22-16-23(33-21(5)31)14-15-29(22,6)28(24)27(32)17-30(25,26)7/h18-20,22-26,28H,8-17H2,1-7H3/t19-,20+,22-,23+,24+,25-,26+,28-,29-,30+/m0/s1. The van der Waals surface area contributed by atoms with Gasteiger partial charge in [-0.05, 0) is 97.2 Å². The van der Waals surface area contributed by atoms with Gasteiger partial charge in [-0.1, -0.05) is 54.4 Å². The molecule has 4 saturated carbocycles. The molecule has 0 spiro atoms. The zero-order valence-electron chi connectivity index (χ0n) is 22.5. The maximum absolute atomic E-state index is 13.9. The number of carbonyl (C=O) groups is 2. The van der Waals surface area contributed by atoms with Crippen LogP contribution in [0.3, 0.4) is 0 Å². The molecule has 0 radical (unpaired) electrons. The van der Waals surface area contributed by atoms with Crippen molar-refractivity contribution in [3.05, 3.63) is 0 Å². The monoisotopic (exact) mass is 458 g/mol. The van der Waals surface area contributed by atoms with Gasteiger partial charge in [-0.2, -0.15) is 0 Å². The molecule has 0 bridgehead atoms. The van der Waals surface area contributed by atoms with Crippen molar-refractivity contribution < 1.29 is 14.3 Å². The minimum absolute atomic E-state index is 0.0611. The first kappa shape index (κ1) is 25.2. The van der Waals surface area contributed by atoms with Crippen molar-refractivity contribution in [1.82, 2.24) is 0 Å². The summed E-state index contributed by atoms with van der Waals surface area (Å²) in [6, 6.07) is 0. The molecule has 0 aliphatic heterocycles. The highest BCUT2D eigenvalue weighted by Crippen LogP contribution is 2.67. The van der Waals surface area contributed by atoms with Crippen molar-refractivity contribution in [2.24, 2.45) is 58.2 Å². The molecule has 3 nitrogen and oxygen atoms in total. The molecular formula is C30H50O3. The van der Waals surface area contributed by atoms with Gasteiger partial charge in [0.2, 0.25) is 0 Å². The van der Waals surface area contributed by atoms with Gasteiger partial charge < -0.3 is 4.74 Å². The van der Waals surface area contributed by atoms with E-state index in [2.05, 4.69) is 41.5 Å². The van der Waals surface area contributed by atoms with E-state index in [0.29, 0.717) is 23.5 Å². The molecule has 4 aliphatic rings. The summed E-state index contributed by atoms with van der Waals surface area (Å²) in [4.78, 5) is 25.5. The first-order valence-corrected chi connectivity index (χ1v) is 14.2. The Morgan fingerprint density at radius 2 is 1.73 bits per heavy atom. The van der Waals surface area contributed by atoms with Gasteiger partial charge in [0.05, 0.1) is 0 Å². The fourth-order valence-electron chi connectivity index (χ4n) is 9.41. The van der Waals surface area contributed by atoms with Crippen LogP contribution >= 0.6 is 0 Å². The summed E-state index contributed by atoms with van der Waals surface area (Å²) in [6.07, 6.45) is 11.5. The number of hydrogen-bond acceptors (Lipinski definition) is 3. The van der Waals surface area contributed by atoms with Crippen LogP contribution in [0, 0.1) is 58.2 Å². The van der Waals surface area contributed by atoms with E-state index in [1.54, 1.807) is 0 Å². The summed E-state index contributed by atoms with van der Waals surface area (Å²) in [5.74, 6) is 5.45. The van der Waals surface area contributed by atoms with Crippen molar-refractivity contribution in [2.45, 2.75) is 119 Å². The van der Waals surface area contributed by atoms with Gasteiger partial charge in [-0.3, -0.25) is 9.59 Å². The van der Waals surface area contributed by atoms with Crippen molar-refractivity contribution in [1.29, 1.82) is 0 Å². The van der Waals surface area contributed by atoms with Crippen molar-refractivity contribution in [3.63, 3.8) is 0 Å². The van der Waals surface area contributed by atoms with Gasteiger partial charge in [-0.15, -0.1) is 0 Å². The zero-order chi connectivity index (χ0) is 24.1. The molecule has 4 rings (SSSR count). The van der Waals surface area contributed by atoms with E-state index in [1.165, 1.54) is 45.4 Å². The predicted octanol–water partition coefficient (Wildman–Crippen LogP) is 7.46. The summed E-state index contributed by atoms with van der Waals surface area (Å²) < 4.78 is 5.60. The molecule has 0 saturated heterocycles. The van der Waals surface area contributed by atoms with Crippen LogP contribution in [0.1, 0.15) is 113 Å². The van der Waals surface area contributed by atoms with Crippen LogP contribution in [0.25, 0.3) is 0 Å². The molecule has 0 aromatic carbocycles. The Balaban J connectivity index is 1.49. The number of Topliss-reactive ketones (excluding diaryl/α,β-unsaturated/α-hetero) is 1. The first-order valence-electron chi connectivity index (χ1n) is 14.2. The third-order valence-corrected chi connectivity index (χ3v) is 11.6. The smallest absolute Gasteiger partial charge is 0.302 e. The van der Waals surface area contributed by atoms with Crippen molar-refractivity contribution in [2.75, 3.05) is 0 Å². The number of fused-ring (bicyclic) bond motifs is 5. The molecule has 0 unspecified atom stereocenters. The molecule has 4 aliphatic carbocycles. The summed E-state index contributed by atoms with van der Waals surface area (Å²) in [6.45, 7) is 16.0. The molecule has 0 aromatic rings. The summed E-state index contributed by atoms with van der Waals surface area (Å²) in [5.41, 5.74) is 0.311. The SMILES string of the molecule is CC(=O)O[C@@H]1CC[C@@]2(C)[C@@H](CC[C@@H]3[C@H]4CC[C@@H]([C@H](C)CC[C@H](C)C(C)C)[C@@]4(C)CC(=O)[C@H]32)C1. The topological polar surface area (TPSA) is 43.4 Å². The summed E-state index contributed by atoms with van der Waals surface area (Å²) in [7, 11) is 0. The highest BCUT2D eigenvalue weighted by Gasteiger charge is 2.63. The molecule has 33 heavy (non-hydrogen) atoms. The summed E-state index contributed by atoms with van der Waals surface area (Å²) in [5, 5.41) is 0. The lowest BCUT2D eigenvalue weighted by molar-refractivity contribution is -0.169. The second-order valence-electron chi connectivity index (χ2n) is 13.6. The van der Waals surface area contributed by atoms with E-state index in [4.69, 9.17) is 4.74 Å². The number of ketones is 1. The second-order valence-corrected chi connectivity index (χ2v) is 13.6. The Bertz CT molecular complexity index is 743. The summed E-state index contributed by atoms with van der Waals surface area (Å²) >= 11 is 0. The number of rotatable bonds is 6. The van der Waals surface area contributed by atoms with E-state index in [9.17, 15) is 9.59 Å². The first-order chi connectivity index (χ1) is 15.5. The quantitative estimate of drug-likeness (QED) is 0.388.